The van der Waals surface area contributed by atoms with E-state index < -0.39 is 12.1 Å². The number of benzene rings is 1. The van der Waals surface area contributed by atoms with E-state index in [4.69, 9.17) is 9.84 Å². The molecule has 1 saturated heterocycles. The van der Waals surface area contributed by atoms with Gasteiger partial charge in [0.1, 0.15) is 5.75 Å². The van der Waals surface area contributed by atoms with Crippen molar-refractivity contribution in [3.8, 4) is 5.75 Å². The van der Waals surface area contributed by atoms with Crippen molar-refractivity contribution in [3.63, 3.8) is 0 Å². The lowest BCUT2D eigenvalue weighted by atomic mass is 10.0. The van der Waals surface area contributed by atoms with Gasteiger partial charge < -0.3 is 14.9 Å². The lowest BCUT2D eigenvalue weighted by Crippen LogP contribution is -2.46. The molecule has 2 rings (SSSR count). The molecule has 1 heterocycles. The van der Waals surface area contributed by atoms with Gasteiger partial charge in [-0.3, -0.25) is 4.90 Å². The van der Waals surface area contributed by atoms with Crippen LogP contribution in [0.15, 0.2) is 18.2 Å². The van der Waals surface area contributed by atoms with Crippen LogP contribution < -0.4 is 0 Å². The second-order valence-corrected chi connectivity index (χ2v) is 4.93. The molecule has 0 amide bonds. The summed E-state index contributed by atoms with van der Waals surface area (Å²) < 4.78 is 5.21. The number of hydrogen-bond donors (Lipinski definition) is 2. The Morgan fingerprint density at radius 2 is 2.26 bits per heavy atom. The molecule has 104 valence electrons. The van der Waals surface area contributed by atoms with Crippen LogP contribution in [0.2, 0.25) is 0 Å². The molecule has 1 aromatic carbocycles. The Kier molecular flexibility index (Phi) is 4.07. The second kappa shape index (κ2) is 5.59. The fourth-order valence-electron chi connectivity index (χ4n) is 2.38. The molecule has 1 aromatic rings. The van der Waals surface area contributed by atoms with Gasteiger partial charge in [0, 0.05) is 24.7 Å². The third-order valence-corrected chi connectivity index (χ3v) is 3.55. The minimum atomic E-state index is -0.939. The maximum atomic E-state index is 11.0. The molecule has 1 aliphatic heterocycles. The Hall–Kier alpha value is -1.59. The van der Waals surface area contributed by atoms with Crippen LogP contribution in [-0.4, -0.2) is 46.9 Å². The number of aromatic hydroxyl groups is 1. The Bertz CT molecular complexity index is 475. The lowest BCUT2D eigenvalue weighted by Gasteiger charge is -2.35. The van der Waals surface area contributed by atoms with Gasteiger partial charge in [0.05, 0.1) is 6.61 Å². The van der Waals surface area contributed by atoms with Gasteiger partial charge in [-0.15, -0.1) is 0 Å². The van der Waals surface area contributed by atoms with Crippen molar-refractivity contribution >= 4 is 5.97 Å². The molecule has 0 radical (unpaired) electrons. The smallest absolute Gasteiger partial charge is 0.334 e. The van der Waals surface area contributed by atoms with Crippen LogP contribution in [0, 0.1) is 6.92 Å². The van der Waals surface area contributed by atoms with Crippen LogP contribution in [0.5, 0.6) is 5.75 Å². The average molecular weight is 265 g/mol. The molecule has 1 fully saturated rings. The number of aliphatic carboxylic acids is 1. The van der Waals surface area contributed by atoms with Crippen LogP contribution >= 0.6 is 0 Å². The minimum Gasteiger partial charge on any atom is -0.508 e. The number of phenols is 1. The van der Waals surface area contributed by atoms with Crippen LogP contribution in [0.4, 0.5) is 0 Å². The summed E-state index contributed by atoms with van der Waals surface area (Å²) >= 11 is 0. The van der Waals surface area contributed by atoms with E-state index >= 15 is 0 Å². The van der Waals surface area contributed by atoms with Gasteiger partial charge in [-0.1, -0.05) is 17.7 Å². The molecule has 1 aliphatic rings. The van der Waals surface area contributed by atoms with Gasteiger partial charge in [0.2, 0.25) is 0 Å². The molecule has 5 heteroatoms. The zero-order valence-electron chi connectivity index (χ0n) is 11.2. The van der Waals surface area contributed by atoms with Gasteiger partial charge in [0.15, 0.2) is 6.10 Å². The van der Waals surface area contributed by atoms with E-state index in [0.717, 1.165) is 11.1 Å². The number of nitrogens with zero attached hydrogens (tertiary/aromatic N) is 1. The summed E-state index contributed by atoms with van der Waals surface area (Å²) in [6.45, 7) is 5.34. The Morgan fingerprint density at radius 1 is 1.53 bits per heavy atom. The van der Waals surface area contributed by atoms with Crippen molar-refractivity contribution in [1.82, 2.24) is 4.90 Å². The van der Waals surface area contributed by atoms with Gasteiger partial charge in [-0.05, 0) is 19.9 Å². The highest BCUT2D eigenvalue weighted by Gasteiger charge is 2.30. The molecule has 2 atom stereocenters. The third kappa shape index (κ3) is 3.05. The first-order valence-electron chi connectivity index (χ1n) is 6.37. The first kappa shape index (κ1) is 13.8. The zero-order valence-corrected chi connectivity index (χ0v) is 11.2. The van der Waals surface area contributed by atoms with Crippen molar-refractivity contribution in [2.75, 3.05) is 19.7 Å². The molecular formula is C14H19NO4. The molecule has 0 bridgehead atoms. The highest BCUT2D eigenvalue weighted by atomic mass is 16.5. The summed E-state index contributed by atoms with van der Waals surface area (Å²) in [5, 5.41) is 18.9. The second-order valence-electron chi connectivity index (χ2n) is 4.93. The number of morpholine rings is 1. The number of ether oxygens (including phenoxy) is 1. The number of carboxylic acids is 1. The lowest BCUT2D eigenvalue weighted by molar-refractivity contribution is -0.157. The van der Waals surface area contributed by atoms with E-state index in [1.54, 1.807) is 6.07 Å². The van der Waals surface area contributed by atoms with Crippen LogP contribution in [0.1, 0.15) is 24.1 Å². The van der Waals surface area contributed by atoms with E-state index in [1.807, 2.05) is 30.9 Å². The molecule has 5 nitrogen and oxygen atoms in total. The van der Waals surface area contributed by atoms with Gasteiger partial charge in [0.25, 0.3) is 0 Å². The maximum absolute atomic E-state index is 11.0. The Morgan fingerprint density at radius 3 is 2.95 bits per heavy atom. The van der Waals surface area contributed by atoms with E-state index in [0.29, 0.717) is 19.7 Å². The van der Waals surface area contributed by atoms with Gasteiger partial charge in [-0.2, -0.15) is 0 Å². The topological polar surface area (TPSA) is 70.0 Å². The fraction of sp³-hybridized carbons (Fsp3) is 0.500. The SMILES string of the molecule is Cc1ccc(O)c(C(C)N2CCOC(C(=O)O)C2)c1. The van der Waals surface area contributed by atoms with Crippen molar-refractivity contribution in [3.05, 3.63) is 29.3 Å². The third-order valence-electron chi connectivity index (χ3n) is 3.55. The monoisotopic (exact) mass is 265 g/mol. The molecule has 0 aliphatic carbocycles. The summed E-state index contributed by atoms with van der Waals surface area (Å²) in [5.41, 5.74) is 1.90. The fourth-order valence-corrected chi connectivity index (χ4v) is 2.38. The van der Waals surface area contributed by atoms with E-state index in [9.17, 15) is 9.90 Å². The van der Waals surface area contributed by atoms with Gasteiger partial charge >= 0.3 is 5.97 Å². The van der Waals surface area contributed by atoms with Crippen molar-refractivity contribution < 1.29 is 19.7 Å². The molecule has 19 heavy (non-hydrogen) atoms. The maximum Gasteiger partial charge on any atom is 0.334 e. The summed E-state index contributed by atoms with van der Waals surface area (Å²) in [7, 11) is 0. The molecule has 2 unspecified atom stereocenters. The normalized spacial score (nSPS) is 22.1. The largest absolute Gasteiger partial charge is 0.508 e. The van der Waals surface area contributed by atoms with E-state index in [1.165, 1.54) is 0 Å². The quantitative estimate of drug-likeness (QED) is 0.867. The number of carboxylic acid groups (broad SMARTS) is 1. The summed E-state index contributed by atoms with van der Waals surface area (Å²) in [4.78, 5) is 13.0. The number of phenolic OH excluding ortho intramolecular Hbond substituents is 1. The number of carbonyl (C=O) groups is 1. The van der Waals surface area contributed by atoms with E-state index in [2.05, 4.69) is 0 Å². The molecule has 0 aromatic heterocycles. The molecular weight excluding hydrogens is 246 g/mol. The summed E-state index contributed by atoms with van der Waals surface area (Å²) in [5.74, 6) is -0.693. The Labute approximate surface area is 112 Å². The first-order valence-corrected chi connectivity index (χ1v) is 6.37. The summed E-state index contributed by atoms with van der Waals surface area (Å²) in [6.07, 6.45) is -0.789. The average Bonchev–Trinajstić information content (AvgIpc) is 2.41. The van der Waals surface area contributed by atoms with Crippen molar-refractivity contribution in [2.24, 2.45) is 0 Å². The standard InChI is InChI=1S/C14H19NO4/c1-9-3-4-12(16)11(7-9)10(2)15-5-6-19-13(8-15)14(17)18/h3-4,7,10,13,16H,5-6,8H2,1-2H3,(H,17,18). The summed E-state index contributed by atoms with van der Waals surface area (Å²) in [6, 6.07) is 5.43. The molecule has 0 saturated carbocycles. The highest BCUT2D eigenvalue weighted by molar-refractivity contribution is 5.72. The van der Waals surface area contributed by atoms with Gasteiger partial charge in [-0.25, -0.2) is 4.79 Å². The Balaban J connectivity index is 2.16. The minimum absolute atomic E-state index is 0.0364. The van der Waals surface area contributed by atoms with Crippen molar-refractivity contribution in [1.29, 1.82) is 0 Å². The number of rotatable bonds is 3. The van der Waals surface area contributed by atoms with E-state index in [-0.39, 0.29) is 11.8 Å². The number of hydrogen-bond acceptors (Lipinski definition) is 4. The molecule has 0 spiro atoms. The van der Waals surface area contributed by atoms with Crippen molar-refractivity contribution in [2.45, 2.75) is 26.0 Å². The predicted octanol–water partition coefficient (Wildman–Crippen LogP) is 1.55. The predicted molar refractivity (Wildman–Crippen MR) is 70.2 cm³/mol. The van der Waals surface area contributed by atoms with Crippen LogP contribution in [0.3, 0.4) is 0 Å². The van der Waals surface area contributed by atoms with Crippen LogP contribution in [0.25, 0.3) is 0 Å². The highest BCUT2D eigenvalue weighted by Crippen LogP contribution is 2.30. The zero-order chi connectivity index (χ0) is 14.0. The van der Waals surface area contributed by atoms with Crippen LogP contribution in [-0.2, 0) is 9.53 Å². The first-order chi connectivity index (χ1) is 8.99. The molecule has 2 N–H and O–H groups in total. The number of aryl methyl sites for hydroxylation is 1.